The zero-order chi connectivity index (χ0) is 15.1. The number of hydrogen-bond donors (Lipinski definition) is 1. The Morgan fingerprint density at radius 2 is 2.19 bits per heavy atom. The lowest BCUT2D eigenvalue weighted by molar-refractivity contribution is 0.282. The van der Waals surface area contributed by atoms with E-state index >= 15 is 0 Å². The predicted molar refractivity (Wildman–Crippen MR) is 84.2 cm³/mol. The monoisotopic (exact) mass is 308 g/mol. The maximum absolute atomic E-state index is 14.0. The first-order chi connectivity index (χ1) is 10.2. The minimum atomic E-state index is -0.322. The van der Waals surface area contributed by atoms with Gasteiger partial charge in [-0.3, -0.25) is 0 Å². The second-order valence-corrected chi connectivity index (χ2v) is 5.72. The molecule has 1 aromatic heterocycles. The van der Waals surface area contributed by atoms with Crippen LogP contribution in [0.3, 0.4) is 0 Å². The second kappa shape index (κ2) is 8.10. The Bertz CT molecular complexity index is 571. The Balaban J connectivity index is 2.03. The van der Waals surface area contributed by atoms with Crippen LogP contribution in [0.4, 0.5) is 4.39 Å². The van der Waals surface area contributed by atoms with Crippen LogP contribution < -0.4 is 10.1 Å². The van der Waals surface area contributed by atoms with Crippen LogP contribution in [-0.2, 0) is 19.6 Å². The van der Waals surface area contributed by atoms with Crippen molar-refractivity contribution in [2.45, 2.75) is 39.8 Å². The Kier molecular flexibility index (Phi) is 6.14. The molecule has 3 nitrogen and oxygen atoms in total. The molecule has 0 spiro atoms. The highest BCUT2D eigenvalue weighted by Crippen LogP contribution is 2.24. The van der Waals surface area contributed by atoms with Gasteiger partial charge in [-0.1, -0.05) is 26.0 Å². The fraction of sp³-hybridized carbons (Fsp3) is 0.438. The molecule has 0 aliphatic rings. The maximum Gasteiger partial charge on any atom is 0.165 e. The van der Waals surface area contributed by atoms with Crippen molar-refractivity contribution < 1.29 is 9.13 Å². The Labute approximate surface area is 129 Å². The van der Waals surface area contributed by atoms with E-state index in [1.165, 1.54) is 6.07 Å². The molecule has 2 rings (SSSR count). The molecule has 0 atom stereocenters. The molecule has 1 heterocycles. The molecule has 1 aromatic carbocycles. The van der Waals surface area contributed by atoms with Crippen molar-refractivity contribution in [2.75, 3.05) is 6.54 Å². The van der Waals surface area contributed by atoms with Gasteiger partial charge < -0.3 is 10.1 Å². The van der Waals surface area contributed by atoms with Gasteiger partial charge in [-0.05, 0) is 25.5 Å². The third kappa shape index (κ3) is 4.51. The largest absolute Gasteiger partial charge is 0.484 e. The van der Waals surface area contributed by atoms with Crippen molar-refractivity contribution in [1.29, 1.82) is 0 Å². The normalized spacial score (nSPS) is 10.8. The third-order valence-corrected chi connectivity index (χ3v) is 4.10. The zero-order valence-corrected chi connectivity index (χ0v) is 13.3. The minimum Gasteiger partial charge on any atom is -0.484 e. The Morgan fingerprint density at radius 3 is 2.90 bits per heavy atom. The van der Waals surface area contributed by atoms with E-state index in [4.69, 9.17) is 4.74 Å². The lowest BCUT2D eigenvalue weighted by Crippen LogP contribution is -2.15. The molecule has 0 amide bonds. The summed E-state index contributed by atoms with van der Waals surface area (Å²) in [7, 11) is 0. The summed E-state index contributed by atoms with van der Waals surface area (Å²) in [6.07, 6.45) is 1.96. The van der Waals surface area contributed by atoms with Crippen molar-refractivity contribution in [3.8, 4) is 5.75 Å². The molecule has 0 unspecified atom stereocenters. The molecule has 0 aliphatic heterocycles. The SMILES string of the molecule is CCCNCc1cccc(F)c1OCc1csc(CC)n1. The van der Waals surface area contributed by atoms with Crippen molar-refractivity contribution >= 4 is 11.3 Å². The highest BCUT2D eigenvalue weighted by molar-refractivity contribution is 7.09. The molecule has 5 heteroatoms. The van der Waals surface area contributed by atoms with Crippen LogP contribution in [0, 0.1) is 5.82 Å². The summed E-state index contributed by atoms with van der Waals surface area (Å²) in [5, 5.41) is 6.31. The fourth-order valence-electron chi connectivity index (χ4n) is 1.98. The van der Waals surface area contributed by atoms with E-state index in [-0.39, 0.29) is 5.82 Å². The van der Waals surface area contributed by atoms with Gasteiger partial charge in [0.2, 0.25) is 0 Å². The van der Waals surface area contributed by atoms with Crippen LogP contribution in [0.1, 0.15) is 36.5 Å². The molecule has 114 valence electrons. The molecular formula is C16H21FN2OS. The molecule has 0 saturated heterocycles. The van der Waals surface area contributed by atoms with Gasteiger partial charge in [0.1, 0.15) is 6.61 Å². The lowest BCUT2D eigenvalue weighted by atomic mass is 10.2. The van der Waals surface area contributed by atoms with Crippen molar-refractivity contribution in [2.24, 2.45) is 0 Å². The number of nitrogens with one attached hydrogen (secondary N) is 1. The molecule has 1 N–H and O–H groups in total. The van der Waals surface area contributed by atoms with E-state index in [1.807, 2.05) is 11.4 Å². The first-order valence-electron chi connectivity index (χ1n) is 7.28. The summed E-state index contributed by atoms with van der Waals surface area (Å²) in [5.41, 5.74) is 1.70. The van der Waals surface area contributed by atoms with Crippen molar-refractivity contribution in [3.05, 3.63) is 45.7 Å². The summed E-state index contributed by atoms with van der Waals surface area (Å²) < 4.78 is 19.6. The number of rotatable bonds is 8. The van der Waals surface area contributed by atoms with Gasteiger partial charge in [0.15, 0.2) is 11.6 Å². The van der Waals surface area contributed by atoms with Gasteiger partial charge >= 0.3 is 0 Å². The van der Waals surface area contributed by atoms with E-state index < -0.39 is 0 Å². The number of para-hydroxylation sites is 1. The summed E-state index contributed by atoms with van der Waals surface area (Å²) in [6.45, 7) is 5.99. The topological polar surface area (TPSA) is 34.1 Å². The number of aromatic nitrogens is 1. The molecule has 0 saturated carbocycles. The van der Waals surface area contributed by atoms with Gasteiger partial charge in [-0.25, -0.2) is 9.37 Å². The highest BCUT2D eigenvalue weighted by atomic mass is 32.1. The van der Waals surface area contributed by atoms with E-state index in [0.29, 0.717) is 18.9 Å². The Morgan fingerprint density at radius 1 is 1.33 bits per heavy atom. The van der Waals surface area contributed by atoms with Gasteiger partial charge in [0, 0.05) is 17.5 Å². The molecule has 0 radical (unpaired) electrons. The summed E-state index contributed by atoms with van der Waals surface area (Å²) in [5.74, 6) is 0.00361. The predicted octanol–water partition coefficient (Wildman–Crippen LogP) is 3.92. The highest BCUT2D eigenvalue weighted by Gasteiger charge is 2.11. The first kappa shape index (κ1) is 15.9. The van der Waals surface area contributed by atoms with E-state index in [0.717, 1.165) is 35.7 Å². The minimum absolute atomic E-state index is 0.304. The number of benzene rings is 1. The molecule has 21 heavy (non-hydrogen) atoms. The lowest BCUT2D eigenvalue weighted by Gasteiger charge is -2.12. The van der Waals surface area contributed by atoms with Crippen molar-refractivity contribution in [1.82, 2.24) is 10.3 Å². The summed E-state index contributed by atoms with van der Waals surface area (Å²) >= 11 is 1.61. The molecule has 2 aromatic rings. The standard InChI is InChI=1S/C16H21FN2OS/c1-3-8-18-9-12-6-5-7-14(17)16(12)20-10-13-11-21-15(4-2)19-13/h5-7,11,18H,3-4,8-10H2,1-2H3. The number of nitrogens with zero attached hydrogens (tertiary/aromatic N) is 1. The van der Waals surface area contributed by atoms with Gasteiger partial charge in [-0.15, -0.1) is 11.3 Å². The summed E-state index contributed by atoms with van der Waals surface area (Å²) in [4.78, 5) is 4.43. The van der Waals surface area contributed by atoms with Crippen LogP contribution in [0.25, 0.3) is 0 Å². The van der Waals surface area contributed by atoms with Gasteiger partial charge in [0.05, 0.1) is 10.7 Å². The Hall–Kier alpha value is -1.46. The van der Waals surface area contributed by atoms with Crippen LogP contribution in [0.5, 0.6) is 5.75 Å². The van der Waals surface area contributed by atoms with Gasteiger partial charge in [-0.2, -0.15) is 0 Å². The van der Waals surface area contributed by atoms with Crippen LogP contribution in [0.2, 0.25) is 0 Å². The van der Waals surface area contributed by atoms with Crippen LogP contribution in [-0.4, -0.2) is 11.5 Å². The maximum atomic E-state index is 14.0. The zero-order valence-electron chi connectivity index (χ0n) is 12.5. The smallest absolute Gasteiger partial charge is 0.165 e. The van der Waals surface area contributed by atoms with Crippen LogP contribution in [0.15, 0.2) is 23.6 Å². The molecular weight excluding hydrogens is 287 g/mol. The molecule has 0 aliphatic carbocycles. The fourth-order valence-corrected chi connectivity index (χ4v) is 2.71. The number of hydrogen-bond acceptors (Lipinski definition) is 4. The average Bonchev–Trinajstić information content (AvgIpc) is 2.95. The first-order valence-corrected chi connectivity index (χ1v) is 8.16. The molecule has 0 bridgehead atoms. The number of aryl methyl sites for hydroxylation is 1. The quantitative estimate of drug-likeness (QED) is 0.750. The average molecular weight is 308 g/mol. The third-order valence-electron chi connectivity index (χ3n) is 3.06. The van der Waals surface area contributed by atoms with Crippen LogP contribution >= 0.6 is 11.3 Å². The number of thiazole rings is 1. The van der Waals surface area contributed by atoms with E-state index in [9.17, 15) is 4.39 Å². The van der Waals surface area contributed by atoms with Crippen molar-refractivity contribution in [3.63, 3.8) is 0 Å². The van der Waals surface area contributed by atoms with Gasteiger partial charge in [0.25, 0.3) is 0 Å². The number of ether oxygens (including phenoxy) is 1. The van der Waals surface area contributed by atoms with E-state index in [2.05, 4.69) is 24.1 Å². The summed E-state index contributed by atoms with van der Waals surface area (Å²) in [6, 6.07) is 5.03. The number of halogens is 1. The second-order valence-electron chi connectivity index (χ2n) is 4.78. The molecule has 0 fully saturated rings. The van der Waals surface area contributed by atoms with E-state index in [1.54, 1.807) is 17.4 Å².